The lowest BCUT2D eigenvalue weighted by Crippen LogP contribution is -2.19. The van der Waals surface area contributed by atoms with Gasteiger partial charge in [-0.25, -0.2) is 0 Å². The fraction of sp³-hybridized carbons (Fsp3) is 0.625. The standard InChI is InChI=1S/C16H26ClNO/c1-5-6-13(4)19-16-8-7-14(9-15(16)17)11-18-10-12(2)3/h7-9,12-13,18H,5-6,10-11H2,1-4H3. The molecule has 0 aliphatic heterocycles. The molecule has 0 aliphatic rings. The number of ether oxygens (including phenoxy) is 1. The van der Waals surface area contributed by atoms with Gasteiger partial charge in [-0.05, 0) is 43.5 Å². The van der Waals surface area contributed by atoms with Crippen molar-refractivity contribution in [2.24, 2.45) is 5.92 Å². The van der Waals surface area contributed by atoms with Crippen molar-refractivity contribution in [2.45, 2.75) is 53.2 Å². The van der Waals surface area contributed by atoms with Crippen LogP contribution in [0.3, 0.4) is 0 Å². The van der Waals surface area contributed by atoms with E-state index in [2.05, 4.69) is 39.1 Å². The van der Waals surface area contributed by atoms with Crippen molar-refractivity contribution in [1.82, 2.24) is 5.32 Å². The second kappa shape index (κ2) is 8.44. The summed E-state index contributed by atoms with van der Waals surface area (Å²) >= 11 is 6.26. The van der Waals surface area contributed by atoms with E-state index in [1.165, 1.54) is 5.56 Å². The van der Waals surface area contributed by atoms with E-state index in [0.29, 0.717) is 10.9 Å². The van der Waals surface area contributed by atoms with Gasteiger partial charge in [-0.1, -0.05) is 44.9 Å². The molecule has 0 saturated carbocycles. The summed E-state index contributed by atoms with van der Waals surface area (Å²) in [5, 5.41) is 4.11. The minimum absolute atomic E-state index is 0.215. The van der Waals surface area contributed by atoms with Crippen LogP contribution in [0.1, 0.15) is 46.1 Å². The third-order valence-electron chi connectivity index (χ3n) is 2.90. The van der Waals surface area contributed by atoms with Crippen LogP contribution in [-0.4, -0.2) is 12.6 Å². The van der Waals surface area contributed by atoms with Crippen LogP contribution in [0.15, 0.2) is 18.2 Å². The summed E-state index contributed by atoms with van der Waals surface area (Å²) in [5.74, 6) is 1.45. The molecule has 2 nitrogen and oxygen atoms in total. The first-order chi connectivity index (χ1) is 9.02. The number of nitrogens with one attached hydrogen (secondary N) is 1. The number of benzene rings is 1. The Morgan fingerprint density at radius 2 is 2.00 bits per heavy atom. The Kier molecular flexibility index (Phi) is 7.25. The molecule has 0 saturated heterocycles. The fourth-order valence-corrected chi connectivity index (χ4v) is 2.18. The number of rotatable bonds is 8. The SMILES string of the molecule is CCCC(C)Oc1ccc(CNCC(C)C)cc1Cl. The van der Waals surface area contributed by atoms with E-state index in [9.17, 15) is 0 Å². The van der Waals surface area contributed by atoms with Gasteiger partial charge < -0.3 is 10.1 Å². The van der Waals surface area contributed by atoms with Crippen LogP contribution in [0.5, 0.6) is 5.75 Å². The quantitative estimate of drug-likeness (QED) is 0.750. The zero-order chi connectivity index (χ0) is 14.3. The second-order valence-electron chi connectivity index (χ2n) is 5.51. The molecule has 1 aromatic carbocycles. The van der Waals surface area contributed by atoms with Crippen molar-refractivity contribution in [3.05, 3.63) is 28.8 Å². The van der Waals surface area contributed by atoms with Crippen LogP contribution in [-0.2, 0) is 6.54 Å². The largest absolute Gasteiger partial charge is 0.489 e. The van der Waals surface area contributed by atoms with Gasteiger partial charge in [0.05, 0.1) is 11.1 Å². The molecule has 108 valence electrons. The van der Waals surface area contributed by atoms with Crippen molar-refractivity contribution >= 4 is 11.6 Å². The average Bonchev–Trinajstić information content (AvgIpc) is 2.32. The Bertz CT molecular complexity index is 379. The molecule has 3 heteroatoms. The average molecular weight is 284 g/mol. The fourth-order valence-electron chi connectivity index (χ4n) is 1.94. The first-order valence-electron chi connectivity index (χ1n) is 7.18. The first kappa shape index (κ1) is 16.3. The van der Waals surface area contributed by atoms with E-state index in [-0.39, 0.29) is 6.10 Å². The van der Waals surface area contributed by atoms with Gasteiger partial charge in [-0.2, -0.15) is 0 Å². The zero-order valence-electron chi connectivity index (χ0n) is 12.5. The molecular weight excluding hydrogens is 258 g/mol. The Labute approximate surface area is 122 Å². The van der Waals surface area contributed by atoms with Gasteiger partial charge in [0.15, 0.2) is 0 Å². The van der Waals surface area contributed by atoms with Crippen LogP contribution >= 0.6 is 11.6 Å². The highest BCUT2D eigenvalue weighted by Crippen LogP contribution is 2.27. The van der Waals surface area contributed by atoms with Gasteiger partial charge >= 0.3 is 0 Å². The third-order valence-corrected chi connectivity index (χ3v) is 3.20. The summed E-state index contributed by atoms with van der Waals surface area (Å²) in [6.45, 7) is 10.5. The summed E-state index contributed by atoms with van der Waals surface area (Å²) in [7, 11) is 0. The minimum Gasteiger partial charge on any atom is -0.489 e. The van der Waals surface area contributed by atoms with E-state index in [0.717, 1.165) is 31.7 Å². The number of halogens is 1. The second-order valence-corrected chi connectivity index (χ2v) is 5.91. The molecule has 0 spiro atoms. The van der Waals surface area contributed by atoms with Crippen LogP contribution in [0, 0.1) is 5.92 Å². The van der Waals surface area contributed by atoms with E-state index in [1.54, 1.807) is 0 Å². The molecule has 1 N–H and O–H groups in total. The van der Waals surface area contributed by atoms with E-state index >= 15 is 0 Å². The lowest BCUT2D eigenvalue weighted by Gasteiger charge is -2.15. The summed E-state index contributed by atoms with van der Waals surface area (Å²) in [4.78, 5) is 0. The van der Waals surface area contributed by atoms with Crippen molar-refractivity contribution in [1.29, 1.82) is 0 Å². The van der Waals surface area contributed by atoms with Gasteiger partial charge in [0, 0.05) is 6.54 Å². The van der Waals surface area contributed by atoms with Gasteiger partial charge in [0.2, 0.25) is 0 Å². The van der Waals surface area contributed by atoms with Crippen molar-refractivity contribution in [3.63, 3.8) is 0 Å². The maximum atomic E-state index is 6.26. The van der Waals surface area contributed by atoms with Gasteiger partial charge in [-0.3, -0.25) is 0 Å². The maximum absolute atomic E-state index is 6.26. The van der Waals surface area contributed by atoms with Crippen LogP contribution in [0.25, 0.3) is 0 Å². The van der Waals surface area contributed by atoms with Gasteiger partial charge in [-0.15, -0.1) is 0 Å². The van der Waals surface area contributed by atoms with E-state index < -0.39 is 0 Å². The van der Waals surface area contributed by atoms with Crippen LogP contribution < -0.4 is 10.1 Å². The highest BCUT2D eigenvalue weighted by atomic mass is 35.5. The highest BCUT2D eigenvalue weighted by molar-refractivity contribution is 6.32. The molecule has 0 bridgehead atoms. The number of hydrogen-bond acceptors (Lipinski definition) is 2. The lowest BCUT2D eigenvalue weighted by molar-refractivity contribution is 0.210. The summed E-state index contributed by atoms with van der Waals surface area (Å²) < 4.78 is 5.83. The lowest BCUT2D eigenvalue weighted by atomic mass is 10.2. The highest BCUT2D eigenvalue weighted by Gasteiger charge is 2.07. The molecule has 1 unspecified atom stereocenters. The first-order valence-corrected chi connectivity index (χ1v) is 7.56. The van der Waals surface area contributed by atoms with Gasteiger partial charge in [0.25, 0.3) is 0 Å². The molecular formula is C16H26ClNO. The predicted molar refractivity (Wildman–Crippen MR) is 83.0 cm³/mol. The van der Waals surface area contributed by atoms with Crippen molar-refractivity contribution in [2.75, 3.05) is 6.54 Å². The van der Waals surface area contributed by atoms with Crippen LogP contribution in [0.4, 0.5) is 0 Å². The maximum Gasteiger partial charge on any atom is 0.138 e. The normalized spacial score (nSPS) is 12.7. The molecule has 0 radical (unpaired) electrons. The molecule has 1 atom stereocenters. The molecule has 0 heterocycles. The zero-order valence-corrected chi connectivity index (χ0v) is 13.3. The summed E-state index contributed by atoms with van der Waals surface area (Å²) in [6, 6.07) is 6.04. The monoisotopic (exact) mass is 283 g/mol. The summed E-state index contributed by atoms with van der Waals surface area (Å²) in [5.41, 5.74) is 1.20. The smallest absolute Gasteiger partial charge is 0.138 e. The van der Waals surface area contributed by atoms with E-state index in [1.807, 2.05) is 12.1 Å². The number of hydrogen-bond donors (Lipinski definition) is 1. The summed E-state index contributed by atoms with van der Waals surface area (Å²) in [6.07, 6.45) is 2.39. The topological polar surface area (TPSA) is 21.3 Å². The predicted octanol–water partition coefficient (Wildman–Crippen LogP) is 4.65. The Morgan fingerprint density at radius 1 is 1.26 bits per heavy atom. The molecule has 1 aromatic rings. The molecule has 19 heavy (non-hydrogen) atoms. The Balaban J connectivity index is 2.54. The van der Waals surface area contributed by atoms with E-state index in [4.69, 9.17) is 16.3 Å². The molecule has 0 amide bonds. The van der Waals surface area contributed by atoms with Crippen molar-refractivity contribution < 1.29 is 4.74 Å². The Morgan fingerprint density at radius 3 is 2.58 bits per heavy atom. The van der Waals surface area contributed by atoms with Gasteiger partial charge in [0.1, 0.15) is 5.75 Å². The molecule has 0 aliphatic carbocycles. The van der Waals surface area contributed by atoms with Crippen LogP contribution in [0.2, 0.25) is 5.02 Å². The molecule has 0 aromatic heterocycles. The third kappa shape index (κ3) is 6.31. The molecule has 0 fully saturated rings. The Hall–Kier alpha value is -0.730. The minimum atomic E-state index is 0.215. The molecule has 1 rings (SSSR count). The van der Waals surface area contributed by atoms with Crippen molar-refractivity contribution in [3.8, 4) is 5.75 Å².